The van der Waals surface area contributed by atoms with Gasteiger partial charge in [0.2, 0.25) is 0 Å². The molecule has 0 amide bonds. The number of halogens is 2. The molecule has 3 rings (SSSR count). The van der Waals surface area contributed by atoms with Gasteiger partial charge in [0.15, 0.2) is 0 Å². The smallest absolute Gasteiger partial charge is 0.0458 e. The first-order valence-corrected chi connectivity index (χ1v) is 6.72. The second kappa shape index (κ2) is 4.21. The highest BCUT2D eigenvalue weighted by Crippen LogP contribution is 2.43. The number of rotatable bonds is 1. The Morgan fingerprint density at radius 1 is 1.19 bits per heavy atom. The van der Waals surface area contributed by atoms with Gasteiger partial charge in [-0.25, -0.2) is 0 Å². The first kappa shape index (κ1) is 10.9. The van der Waals surface area contributed by atoms with Gasteiger partial charge >= 0.3 is 0 Å². The summed E-state index contributed by atoms with van der Waals surface area (Å²) < 4.78 is 0. The Morgan fingerprint density at radius 3 is 2.81 bits per heavy atom. The van der Waals surface area contributed by atoms with E-state index in [9.17, 15) is 0 Å². The molecule has 3 heteroatoms. The van der Waals surface area contributed by atoms with E-state index in [1.807, 2.05) is 6.07 Å². The van der Waals surface area contributed by atoms with Gasteiger partial charge in [-0.3, -0.25) is 0 Å². The third kappa shape index (κ3) is 1.75. The van der Waals surface area contributed by atoms with Crippen LogP contribution in [0.5, 0.6) is 0 Å². The van der Waals surface area contributed by atoms with Crippen molar-refractivity contribution in [3.8, 4) is 0 Å². The molecule has 1 saturated heterocycles. The lowest BCUT2D eigenvalue weighted by atomic mass is 9.92. The number of fused-ring (bicyclic) bond motifs is 1. The predicted octanol–water partition coefficient (Wildman–Crippen LogP) is 3.78. The fraction of sp³-hybridized carbons (Fsp3) is 0.538. The summed E-state index contributed by atoms with van der Waals surface area (Å²) in [6.45, 7) is 1.15. The summed E-state index contributed by atoms with van der Waals surface area (Å²) in [4.78, 5) is 0. The topological polar surface area (TPSA) is 12.0 Å². The van der Waals surface area contributed by atoms with Crippen molar-refractivity contribution in [2.24, 2.45) is 0 Å². The predicted molar refractivity (Wildman–Crippen MR) is 68.5 cm³/mol. The summed E-state index contributed by atoms with van der Waals surface area (Å²) in [5.74, 6) is 0.599. The zero-order valence-corrected chi connectivity index (χ0v) is 10.6. The van der Waals surface area contributed by atoms with Crippen LogP contribution in [-0.2, 0) is 6.42 Å². The van der Waals surface area contributed by atoms with Crippen LogP contribution in [-0.4, -0.2) is 12.6 Å². The van der Waals surface area contributed by atoms with Gasteiger partial charge in [-0.15, -0.1) is 0 Å². The Hall–Kier alpha value is -0.240. The largest absolute Gasteiger partial charge is 0.313 e. The van der Waals surface area contributed by atoms with Crippen LogP contribution in [0, 0.1) is 0 Å². The fourth-order valence-electron chi connectivity index (χ4n) is 3.17. The van der Waals surface area contributed by atoms with E-state index >= 15 is 0 Å². The summed E-state index contributed by atoms with van der Waals surface area (Å²) in [6.07, 6.45) is 4.91. The summed E-state index contributed by atoms with van der Waals surface area (Å²) in [5, 5.41) is 5.22. The lowest BCUT2D eigenvalue weighted by Gasteiger charge is -2.20. The molecule has 16 heavy (non-hydrogen) atoms. The number of aryl methyl sites for hydroxylation is 1. The summed E-state index contributed by atoms with van der Waals surface area (Å²) in [5.41, 5.74) is 2.71. The number of nitrogens with one attached hydrogen (secondary N) is 1. The monoisotopic (exact) mass is 255 g/mol. The zero-order chi connectivity index (χ0) is 11.1. The van der Waals surface area contributed by atoms with Crippen LogP contribution in [0.1, 0.15) is 36.3 Å². The SMILES string of the molecule is Clc1cc(Cl)c2c(c1)CC[C@@H]2[C@@H]1CCCN1. The van der Waals surface area contributed by atoms with E-state index in [1.165, 1.54) is 30.4 Å². The molecule has 1 aromatic rings. The van der Waals surface area contributed by atoms with Crippen molar-refractivity contribution in [1.29, 1.82) is 0 Å². The maximum atomic E-state index is 6.34. The number of benzene rings is 1. The highest BCUT2D eigenvalue weighted by molar-refractivity contribution is 6.35. The standard InChI is InChI=1S/C13H15Cl2N/c14-9-6-8-3-4-10(12-2-1-5-16-12)13(8)11(15)7-9/h6-7,10,12,16H,1-5H2/t10-,12+/m1/s1. The quantitative estimate of drug-likeness (QED) is 0.806. The molecule has 0 spiro atoms. The van der Waals surface area contributed by atoms with Crippen LogP contribution in [0.2, 0.25) is 10.0 Å². The molecule has 1 heterocycles. The van der Waals surface area contributed by atoms with Gasteiger partial charge in [-0.05, 0) is 55.5 Å². The molecule has 2 aliphatic rings. The highest BCUT2D eigenvalue weighted by Gasteiger charge is 2.33. The minimum atomic E-state index is 0.599. The van der Waals surface area contributed by atoms with E-state index in [0.29, 0.717) is 12.0 Å². The second-order valence-corrected chi connectivity index (χ2v) is 5.65. The van der Waals surface area contributed by atoms with E-state index in [1.54, 1.807) is 0 Å². The van der Waals surface area contributed by atoms with E-state index in [4.69, 9.17) is 23.2 Å². The van der Waals surface area contributed by atoms with Gasteiger partial charge in [0.25, 0.3) is 0 Å². The van der Waals surface area contributed by atoms with Crippen LogP contribution in [0.15, 0.2) is 12.1 Å². The summed E-state index contributed by atoms with van der Waals surface area (Å²) in [6, 6.07) is 4.59. The molecule has 86 valence electrons. The van der Waals surface area contributed by atoms with Crippen LogP contribution in [0.3, 0.4) is 0 Å². The zero-order valence-electron chi connectivity index (χ0n) is 9.10. The molecule has 0 bridgehead atoms. The Morgan fingerprint density at radius 2 is 2.06 bits per heavy atom. The van der Waals surface area contributed by atoms with Crippen molar-refractivity contribution in [1.82, 2.24) is 5.32 Å². The molecule has 0 unspecified atom stereocenters. The van der Waals surface area contributed by atoms with Gasteiger partial charge in [-0.1, -0.05) is 23.2 Å². The average Bonchev–Trinajstić information content (AvgIpc) is 2.82. The van der Waals surface area contributed by atoms with Gasteiger partial charge in [0, 0.05) is 22.0 Å². The molecular formula is C13H15Cl2N. The van der Waals surface area contributed by atoms with Crippen LogP contribution < -0.4 is 5.32 Å². The van der Waals surface area contributed by atoms with Crippen molar-refractivity contribution in [2.75, 3.05) is 6.54 Å². The maximum Gasteiger partial charge on any atom is 0.0458 e. The Balaban J connectivity index is 1.98. The first-order valence-electron chi connectivity index (χ1n) is 5.97. The van der Waals surface area contributed by atoms with Crippen molar-refractivity contribution < 1.29 is 0 Å². The third-order valence-electron chi connectivity index (χ3n) is 3.86. The molecule has 0 saturated carbocycles. The Kier molecular flexibility index (Phi) is 2.87. The highest BCUT2D eigenvalue weighted by atomic mass is 35.5. The van der Waals surface area contributed by atoms with E-state index in [0.717, 1.165) is 23.0 Å². The van der Waals surface area contributed by atoms with Gasteiger partial charge < -0.3 is 5.32 Å². The normalized spacial score (nSPS) is 28.4. The van der Waals surface area contributed by atoms with Crippen molar-refractivity contribution in [3.05, 3.63) is 33.3 Å². The third-order valence-corrected chi connectivity index (χ3v) is 4.39. The molecule has 1 N–H and O–H groups in total. The van der Waals surface area contributed by atoms with Gasteiger partial charge in [0.05, 0.1) is 0 Å². The molecule has 1 fully saturated rings. The molecule has 1 nitrogen and oxygen atoms in total. The lowest BCUT2D eigenvalue weighted by molar-refractivity contribution is 0.486. The molecule has 2 atom stereocenters. The van der Waals surface area contributed by atoms with E-state index in [-0.39, 0.29) is 0 Å². The molecule has 0 aromatic heterocycles. The number of hydrogen-bond acceptors (Lipinski definition) is 1. The molecule has 1 aromatic carbocycles. The summed E-state index contributed by atoms with van der Waals surface area (Å²) in [7, 11) is 0. The second-order valence-electron chi connectivity index (χ2n) is 4.81. The first-order chi connectivity index (χ1) is 7.75. The van der Waals surface area contributed by atoms with Crippen molar-refractivity contribution in [3.63, 3.8) is 0 Å². The van der Waals surface area contributed by atoms with Crippen molar-refractivity contribution in [2.45, 2.75) is 37.6 Å². The Labute approximate surface area is 106 Å². The average molecular weight is 256 g/mol. The minimum absolute atomic E-state index is 0.599. The van der Waals surface area contributed by atoms with Crippen LogP contribution in [0.4, 0.5) is 0 Å². The fourth-order valence-corrected chi connectivity index (χ4v) is 3.85. The summed E-state index contributed by atoms with van der Waals surface area (Å²) >= 11 is 12.4. The molecule has 0 radical (unpaired) electrons. The van der Waals surface area contributed by atoms with Gasteiger partial charge in [-0.2, -0.15) is 0 Å². The lowest BCUT2D eigenvalue weighted by Crippen LogP contribution is -2.27. The van der Waals surface area contributed by atoms with Crippen LogP contribution >= 0.6 is 23.2 Å². The number of hydrogen-bond donors (Lipinski definition) is 1. The van der Waals surface area contributed by atoms with E-state index < -0.39 is 0 Å². The molecular weight excluding hydrogens is 241 g/mol. The Bertz CT molecular complexity index is 411. The van der Waals surface area contributed by atoms with Crippen LogP contribution in [0.25, 0.3) is 0 Å². The molecule has 1 aliphatic carbocycles. The van der Waals surface area contributed by atoms with Crippen molar-refractivity contribution >= 4 is 23.2 Å². The van der Waals surface area contributed by atoms with Gasteiger partial charge in [0.1, 0.15) is 0 Å². The maximum absolute atomic E-state index is 6.34. The molecule has 1 aliphatic heterocycles. The minimum Gasteiger partial charge on any atom is -0.313 e. The van der Waals surface area contributed by atoms with E-state index in [2.05, 4.69) is 11.4 Å².